The molecule has 15 nitrogen and oxygen atoms in total. The van der Waals surface area contributed by atoms with Gasteiger partial charge in [0.15, 0.2) is 23.6 Å². The van der Waals surface area contributed by atoms with Crippen molar-refractivity contribution < 1.29 is 74.1 Å². The van der Waals surface area contributed by atoms with Crippen LogP contribution in [0.15, 0.2) is 36.4 Å². The molecule has 0 radical (unpaired) electrons. The maximum Gasteiger partial charge on any atom is 0.229 e. The summed E-state index contributed by atoms with van der Waals surface area (Å²) in [5.41, 5.74) is 0.263. The number of aromatic hydroxyl groups is 2. The number of ketones is 1. The molecule has 0 spiro atoms. The van der Waals surface area contributed by atoms with Gasteiger partial charge < -0.3 is 69.3 Å². The van der Waals surface area contributed by atoms with Gasteiger partial charge in [0.1, 0.15) is 65.5 Å². The van der Waals surface area contributed by atoms with Crippen molar-refractivity contribution in [3.8, 4) is 28.7 Å². The highest BCUT2D eigenvalue weighted by Crippen LogP contribution is 2.36. The fraction of sp³-hybridized carbons (Fsp3) is 0.483. The fourth-order valence-electron chi connectivity index (χ4n) is 4.75. The number of benzene rings is 2. The first-order valence-electron chi connectivity index (χ1n) is 13.5. The van der Waals surface area contributed by atoms with E-state index >= 15 is 0 Å². The third-order valence-electron chi connectivity index (χ3n) is 7.31. The van der Waals surface area contributed by atoms with Gasteiger partial charge in [0.05, 0.1) is 26.9 Å². The van der Waals surface area contributed by atoms with Gasteiger partial charge >= 0.3 is 0 Å². The predicted octanol–water partition coefficient (Wildman–Crippen LogP) is -0.958. The Morgan fingerprint density at radius 2 is 1.45 bits per heavy atom. The van der Waals surface area contributed by atoms with E-state index < -0.39 is 79.6 Å². The summed E-state index contributed by atoms with van der Waals surface area (Å²) in [5.74, 6) is -1.31. The average Bonchev–Trinajstić information content (AvgIpc) is 3.00. The summed E-state index contributed by atoms with van der Waals surface area (Å²) in [7, 11) is 2.65. The zero-order chi connectivity index (χ0) is 32.3. The van der Waals surface area contributed by atoms with Crippen LogP contribution in [0.3, 0.4) is 0 Å². The van der Waals surface area contributed by atoms with Gasteiger partial charge in [-0.05, 0) is 30.7 Å². The van der Waals surface area contributed by atoms with Gasteiger partial charge in [0.25, 0.3) is 0 Å². The summed E-state index contributed by atoms with van der Waals surface area (Å²) >= 11 is 0. The van der Waals surface area contributed by atoms with E-state index in [0.717, 1.165) is 12.1 Å². The maximum atomic E-state index is 12.9. The van der Waals surface area contributed by atoms with E-state index in [2.05, 4.69) is 0 Å². The molecule has 2 aliphatic rings. The number of allylic oxidation sites excluding steroid dienone is 1. The summed E-state index contributed by atoms with van der Waals surface area (Å²) in [5, 5.41) is 82.0. The molecule has 0 amide bonds. The topological polar surface area (TPSA) is 234 Å². The van der Waals surface area contributed by atoms with E-state index in [4.69, 9.17) is 28.4 Å². The summed E-state index contributed by atoms with van der Waals surface area (Å²) in [6, 6.07) is 6.80. The fourth-order valence-corrected chi connectivity index (χ4v) is 4.75. The van der Waals surface area contributed by atoms with Crippen LogP contribution in [-0.2, 0) is 14.2 Å². The van der Waals surface area contributed by atoms with Crippen LogP contribution in [0.5, 0.6) is 28.7 Å². The Morgan fingerprint density at radius 1 is 0.795 bits per heavy atom. The minimum absolute atomic E-state index is 0.101. The third kappa shape index (κ3) is 7.07. The molecular weight excluding hydrogens is 588 g/mol. The Balaban J connectivity index is 1.46. The number of hydrogen-bond acceptors (Lipinski definition) is 15. The van der Waals surface area contributed by atoms with Crippen LogP contribution >= 0.6 is 0 Å². The van der Waals surface area contributed by atoms with Gasteiger partial charge in [-0.25, -0.2) is 0 Å². The number of aliphatic hydroxyl groups is 6. The average molecular weight is 625 g/mol. The molecule has 2 fully saturated rings. The van der Waals surface area contributed by atoms with Gasteiger partial charge in [-0.1, -0.05) is 12.1 Å². The molecule has 15 heteroatoms. The molecule has 2 heterocycles. The molecule has 10 atom stereocenters. The van der Waals surface area contributed by atoms with Crippen molar-refractivity contribution >= 4 is 11.9 Å². The molecule has 0 aliphatic carbocycles. The molecule has 2 aliphatic heterocycles. The van der Waals surface area contributed by atoms with Crippen molar-refractivity contribution in [2.75, 3.05) is 20.8 Å². The van der Waals surface area contributed by atoms with Gasteiger partial charge in [0, 0.05) is 12.1 Å². The molecule has 2 saturated heterocycles. The number of carbonyl (C=O) groups is 1. The highest BCUT2D eigenvalue weighted by molar-refractivity contribution is 6.10. The van der Waals surface area contributed by atoms with E-state index in [0.29, 0.717) is 5.56 Å². The van der Waals surface area contributed by atoms with E-state index in [9.17, 15) is 45.6 Å². The first kappa shape index (κ1) is 33.4. The Labute approximate surface area is 251 Å². The van der Waals surface area contributed by atoms with Crippen LogP contribution in [0, 0.1) is 0 Å². The Kier molecular flexibility index (Phi) is 10.7. The number of phenolic OH excluding ortho intramolecular Hbond substituents is 2. The van der Waals surface area contributed by atoms with Crippen molar-refractivity contribution in [1.29, 1.82) is 0 Å². The Bertz CT molecular complexity index is 1330. The minimum atomic E-state index is -1.77. The summed E-state index contributed by atoms with van der Waals surface area (Å²) in [6.07, 6.45) is -12.4. The monoisotopic (exact) mass is 624 g/mol. The Hall–Kier alpha value is -3.51. The van der Waals surface area contributed by atoms with Gasteiger partial charge in [-0.3, -0.25) is 4.79 Å². The number of methoxy groups -OCH3 is 2. The molecular formula is C29H36O15. The highest BCUT2D eigenvalue weighted by Gasteiger charge is 2.47. The molecule has 242 valence electrons. The molecule has 44 heavy (non-hydrogen) atoms. The first-order valence-corrected chi connectivity index (χ1v) is 13.5. The molecule has 8 N–H and O–H groups in total. The highest BCUT2D eigenvalue weighted by atomic mass is 16.7. The molecule has 0 bridgehead atoms. The van der Waals surface area contributed by atoms with Crippen LogP contribution in [0.4, 0.5) is 0 Å². The van der Waals surface area contributed by atoms with Crippen LogP contribution in [-0.4, -0.2) is 129 Å². The second kappa shape index (κ2) is 14.1. The van der Waals surface area contributed by atoms with Crippen LogP contribution in [0.2, 0.25) is 0 Å². The summed E-state index contributed by atoms with van der Waals surface area (Å²) in [4.78, 5) is 12.9. The van der Waals surface area contributed by atoms with Crippen molar-refractivity contribution in [2.24, 2.45) is 0 Å². The number of carbonyl (C=O) groups excluding carboxylic acids is 1. The van der Waals surface area contributed by atoms with E-state index in [1.165, 1.54) is 45.4 Å². The van der Waals surface area contributed by atoms with Crippen molar-refractivity contribution in [1.82, 2.24) is 0 Å². The van der Waals surface area contributed by atoms with Gasteiger partial charge in [0.2, 0.25) is 6.29 Å². The number of phenols is 2. The molecule has 2 aromatic rings. The lowest BCUT2D eigenvalue weighted by Crippen LogP contribution is -2.61. The normalized spacial score (nSPS) is 32.4. The van der Waals surface area contributed by atoms with E-state index in [1.807, 2.05) is 0 Å². The number of aliphatic hydroxyl groups excluding tert-OH is 6. The van der Waals surface area contributed by atoms with Crippen molar-refractivity contribution in [3.63, 3.8) is 0 Å². The molecule has 0 unspecified atom stereocenters. The van der Waals surface area contributed by atoms with Crippen molar-refractivity contribution in [2.45, 2.75) is 68.3 Å². The molecule has 0 aromatic heterocycles. The quantitative estimate of drug-likeness (QED) is 0.117. The third-order valence-corrected chi connectivity index (χ3v) is 7.31. The number of hydrogen-bond donors (Lipinski definition) is 8. The predicted molar refractivity (Wildman–Crippen MR) is 148 cm³/mol. The lowest BCUT2D eigenvalue weighted by Gasteiger charge is -2.42. The molecule has 2 aromatic carbocycles. The minimum Gasteiger partial charge on any atom is -0.507 e. The molecule has 0 saturated carbocycles. The number of rotatable bonds is 10. The van der Waals surface area contributed by atoms with Crippen LogP contribution in [0.1, 0.15) is 22.8 Å². The lowest BCUT2D eigenvalue weighted by atomic mass is 9.98. The lowest BCUT2D eigenvalue weighted by molar-refractivity contribution is -0.318. The number of ether oxygens (including phenoxy) is 6. The second-order valence-corrected chi connectivity index (χ2v) is 10.3. The smallest absolute Gasteiger partial charge is 0.229 e. The zero-order valence-corrected chi connectivity index (χ0v) is 24.0. The van der Waals surface area contributed by atoms with E-state index in [1.54, 1.807) is 6.07 Å². The summed E-state index contributed by atoms with van der Waals surface area (Å²) in [6.45, 7) is 0.958. The van der Waals surface area contributed by atoms with Crippen molar-refractivity contribution in [3.05, 3.63) is 47.5 Å². The van der Waals surface area contributed by atoms with Crippen LogP contribution in [0.25, 0.3) is 6.08 Å². The SMILES string of the molecule is COc1ccc(/C=C\C(=O)c2c(O)cc(O[C@@H]3O[C@H](CO[C@@H]4O[C@@H](C)[C@H](O)[C@@H](O)[C@H]4O)[C@@H](O)[C@H](O)[C@H]3O)cc2OC)cc1O. The Morgan fingerprint density at radius 3 is 2.11 bits per heavy atom. The van der Waals surface area contributed by atoms with E-state index in [-0.39, 0.29) is 28.6 Å². The zero-order valence-electron chi connectivity index (χ0n) is 24.0. The summed E-state index contributed by atoms with van der Waals surface area (Å²) < 4.78 is 32.3. The maximum absolute atomic E-state index is 12.9. The first-order chi connectivity index (χ1) is 20.9. The second-order valence-electron chi connectivity index (χ2n) is 10.3. The molecule has 4 rings (SSSR count). The largest absolute Gasteiger partial charge is 0.507 e. The van der Waals surface area contributed by atoms with Crippen LogP contribution < -0.4 is 14.2 Å². The van der Waals surface area contributed by atoms with Gasteiger partial charge in [-0.2, -0.15) is 0 Å². The van der Waals surface area contributed by atoms with Gasteiger partial charge in [-0.15, -0.1) is 0 Å². The standard InChI is InChI=1S/C29H36O15/c1-12-22(33)24(35)26(37)28(42-12)41-11-20-23(34)25(36)27(38)29(44-20)43-14-9-17(32)21(19(10-14)40-3)15(30)6-4-13-5-7-18(39-2)16(31)8-13/h4-10,12,20,22-29,31-38H,11H2,1-3H3/b6-4-/t12-,20+,22-,23+,24+,25-,26+,27+,28+,29+/m0/s1.